The number of anilines is 1. The van der Waals surface area contributed by atoms with Crippen molar-refractivity contribution in [3.63, 3.8) is 0 Å². The van der Waals surface area contributed by atoms with E-state index in [1.165, 1.54) is 17.7 Å². The Balaban J connectivity index is 1.09. The van der Waals surface area contributed by atoms with E-state index in [4.69, 9.17) is 15.2 Å². The van der Waals surface area contributed by atoms with Gasteiger partial charge in [0.15, 0.2) is 10.7 Å². The van der Waals surface area contributed by atoms with E-state index in [1.807, 2.05) is 38.3 Å². The number of ketones is 1. The lowest BCUT2D eigenvalue weighted by molar-refractivity contribution is -0.115. The molecule has 13 nitrogen and oxygen atoms in total. The van der Waals surface area contributed by atoms with Gasteiger partial charge in [-0.3, -0.25) is 9.59 Å². The lowest BCUT2D eigenvalue weighted by Crippen LogP contribution is -2.47. The monoisotopic (exact) mass is 650 g/mol. The van der Waals surface area contributed by atoms with Crippen LogP contribution in [-0.4, -0.2) is 80.3 Å². The van der Waals surface area contributed by atoms with E-state index in [1.54, 1.807) is 12.3 Å². The molecule has 1 saturated carbocycles. The van der Waals surface area contributed by atoms with Crippen molar-refractivity contribution in [2.24, 2.45) is 5.73 Å². The lowest BCUT2D eigenvalue weighted by Gasteiger charge is -2.34. The van der Waals surface area contributed by atoms with Crippen LogP contribution in [0.25, 0.3) is 11.1 Å². The topological polar surface area (TPSA) is 166 Å². The molecule has 46 heavy (non-hydrogen) atoms. The highest BCUT2D eigenvalue weighted by atomic mass is 32.1. The van der Waals surface area contributed by atoms with Gasteiger partial charge in [-0.25, -0.2) is 19.3 Å². The molecule has 246 valence electrons. The lowest BCUT2D eigenvalue weighted by atomic mass is 9.93. The van der Waals surface area contributed by atoms with Crippen LogP contribution in [0.4, 0.5) is 10.5 Å². The Labute approximate surface area is 271 Å². The van der Waals surface area contributed by atoms with Gasteiger partial charge in [-0.05, 0) is 90.4 Å². The minimum Gasteiger partial charge on any atom is -0.473 e. The number of aryl methyl sites for hydroxylation is 1. The highest BCUT2D eigenvalue weighted by Gasteiger charge is 2.31. The Morgan fingerprint density at radius 1 is 1.11 bits per heavy atom. The number of hydrogen-bond donors (Lipinski definition) is 3. The number of ether oxygens (including phenoxy) is 2. The number of nitrogens with zero attached hydrogens (tertiary/aromatic N) is 5. The molecule has 0 spiro atoms. The molecule has 0 radical (unpaired) electrons. The van der Waals surface area contributed by atoms with Crippen LogP contribution in [0, 0.1) is 6.92 Å². The third-order valence-electron chi connectivity index (χ3n) is 8.55. The molecule has 3 aromatic rings. The third kappa shape index (κ3) is 7.17. The molecule has 4 N–H and O–H groups in total. The number of alkyl carbamates (subject to hydrolysis) is 1. The van der Waals surface area contributed by atoms with Crippen molar-refractivity contribution in [2.45, 2.75) is 102 Å². The number of nitrogens with one attached hydrogen (secondary N) is 2. The largest absolute Gasteiger partial charge is 0.473 e. The van der Waals surface area contributed by atoms with E-state index in [0.29, 0.717) is 23.7 Å². The summed E-state index contributed by atoms with van der Waals surface area (Å²) < 4.78 is 13.5. The summed E-state index contributed by atoms with van der Waals surface area (Å²) in [7, 11) is 0. The van der Waals surface area contributed by atoms with Gasteiger partial charge < -0.3 is 30.7 Å². The van der Waals surface area contributed by atoms with Crippen LogP contribution in [0.5, 0.6) is 5.88 Å². The van der Waals surface area contributed by atoms with Crippen LogP contribution in [0.15, 0.2) is 24.7 Å². The Morgan fingerprint density at radius 3 is 2.61 bits per heavy atom. The smallest absolute Gasteiger partial charge is 0.407 e. The molecular weight excluding hydrogens is 608 g/mol. The normalized spacial score (nSPS) is 23.7. The molecular formula is C32H42N8O5S. The minimum atomic E-state index is -0.542. The average Bonchev–Trinajstić information content (AvgIpc) is 3.67. The summed E-state index contributed by atoms with van der Waals surface area (Å²) in [6.07, 6.45) is 9.58. The Hall–Kier alpha value is -4.04. The molecule has 2 fully saturated rings. The van der Waals surface area contributed by atoms with Crippen LogP contribution < -0.4 is 26.0 Å². The summed E-state index contributed by atoms with van der Waals surface area (Å²) in [5.41, 5.74) is 8.93. The van der Waals surface area contributed by atoms with Crippen molar-refractivity contribution in [1.82, 2.24) is 30.2 Å². The highest BCUT2D eigenvalue weighted by Crippen LogP contribution is 2.35. The molecule has 1 unspecified atom stereocenters. The number of fused-ring (bicyclic) bond motifs is 1. The predicted octanol–water partition coefficient (Wildman–Crippen LogP) is 3.79. The fourth-order valence-corrected chi connectivity index (χ4v) is 7.18. The van der Waals surface area contributed by atoms with Gasteiger partial charge in [-0.2, -0.15) is 5.10 Å². The van der Waals surface area contributed by atoms with Crippen LogP contribution in [-0.2, 0) is 9.53 Å². The van der Waals surface area contributed by atoms with Crippen LogP contribution in [0.2, 0.25) is 0 Å². The predicted molar refractivity (Wildman–Crippen MR) is 174 cm³/mol. The summed E-state index contributed by atoms with van der Waals surface area (Å²) in [4.78, 5) is 49.5. The second-order valence-corrected chi connectivity index (χ2v) is 14.6. The molecule has 4 heterocycles. The number of carbonyl (C=O) groups is 3. The average molecular weight is 651 g/mol. The van der Waals surface area contributed by atoms with Crippen molar-refractivity contribution < 1.29 is 23.9 Å². The van der Waals surface area contributed by atoms with Crippen molar-refractivity contribution in [3.8, 4) is 5.88 Å². The zero-order valence-electron chi connectivity index (χ0n) is 26.7. The van der Waals surface area contributed by atoms with Gasteiger partial charge >= 0.3 is 6.09 Å². The van der Waals surface area contributed by atoms with Crippen molar-refractivity contribution >= 4 is 45.9 Å². The van der Waals surface area contributed by atoms with Crippen LogP contribution >= 0.6 is 11.3 Å². The SMILES string of the molecule is Cc1nc(OC2CCC(NC(=O)OC(C)(C)C)CC2)c(C(=O)NC2CCCN(c3cc(C4=CC(=O)[C@H](N)C4)n4ncncc34)C2)s1. The molecule has 1 saturated heterocycles. The second kappa shape index (κ2) is 13.0. The first kappa shape index (κ1) is 31.9. The van der Waals surface area contributed by atoms with Gasteiger partial charge in [-0.15, -0.1) is 11.3 Å². The molecule has 2 amide bonds. The van der Waals surface area contributed by atoms with E-state index in [2.05, 4.69) is 30.6 Å². The van der Waals surface area contributed by atoms with Gasteiger partial charge in [0.05, 0.1) is 28.6 Å². The van der Waals surface area contributed by atoms with E-state index >= 15 is 0 Å². The summed E-state index contributed by atoms with van der Waals surface area (Å²) in [6.45, 7) is 8.83. The van der Waals surface area contributed by atoms with Gasteiger partial charge in [0.1, 0.15) is 23.5 Å². The molecule has 0 aromatic carbocycles. The van der Waals surface area contributed by atoms with Gasteiger partial charge in [0, 0.05) is 25.2 Å². The molecule has 2 atom stereocenters. The zero-order valence-corrected chi connectivity index (χ0v) is 27.6. The maximum absolute atomic E-state index is 13.6. The number of nitrogens with two attached hydrogens (primary N) is 1. The molecule has 3 aromatic heterocycles. The van der Waals surface area contributed by atoms with E-state index in [9.17, 15) is 14.4 Å². The first-order chi connectivity index (χ1) is 21.9. The minimum absolute atomic E-state index is 0.0273. The van der Waals surface area contributed by atoms with E-state index in [-0.39, 0.29) is 29.9 Å². The maximum atomic E-state index is 13.6. The summed E-state index contributed by atoms with van der Waals surface area (Å²) in [5.74, 6) is 0.0991. The Bertz CT molecular complexity index is 1650. The summed E-state index contributed by atoms with van der Waals surface area (Å²) >= 11 is 1.33. The molecule has 6 rings (SSSR count). The number of piperidine rings is 1. The standard InChI is InChI=1S/C32H42N8O5S/c1-18-36-30(44-22-9-7-20(8-10-22)38-31(43)45-32(2,3)4)28(46-18)29(42)37-21-6-5-11-39(16-21)25-14-24(19-12-23(33)27(41)13-19)40-26(25)15-34-17-35-40/h13-15,17,20-23H,5-12,16,33H2,1-4H3,(H,37,42)(H,38,43)/t20?,21?,22?,23-/m1/s1. The number of carbonyl (C=O) groups excluding carboxylic acids is 3. The van der Waals surface area contributed by atoms with Crippen molar-refractivity contribution in [1.29, 1.82) is 0 Å². The second-order valence-electron chi connectivity index (χ2n) is 13.4. The van der Waals surface area contributed by atoms with E-state index < -0.39 is 17.7 Å². The van der Waals surface area contributed by atoms with Crippen LogP contribution in [0.1, 0.15) is 86.1 Å². The highest BCUT2D eigenvalue weighted by molar-refractivity contribution is 7.13. The third-order valence-corrected chi connectivity index (χ3v) is 9.50. The number of hydrogen-bond acceptors (Lipinski definition) is 11. The Morgan fingerprint density at radius 2 is 1.89 bits per heavy atom. The first-order valence-electron chi connectivity index (χ1n) is 15.9. The molecule has 0 bridgehead atoms. The van der Waals surface area contributed by atoms with E-state index in [0.717, 1.165) is 72.5 Å². The number of aromatic nitrogens is 4. The number of rotatable bonds is 7. The summed E-state index contributed by atoms with van der Waals surface area (Å²) in [6, 6.07) is 1.46. The van der Waals surface area contributed by atoms with Crippen molar-refractivity contribution in [3.05, 3.63) is 40.2 Å². The fourth-order valence-electron chi connectivity index (χ4n) is 6.42. The fraction of sp³-hybridized carbons (Fsp3) is 0.562. The summed E-state index contributed by atoms with van der Waals surface area (Å²) in [5, 5.41) is 11.4. The first-order valence-corrected chi connectivity index (χ1v) is 16.8. The Kier molecular flexibility index (Phi) is 9.01. The molecule has 3 aliphatic rings. The maximum Gasteiger partial charge on any atom is 0.407 e. The molecule has 1 aliphatic heterocycles. The molecule has 14 heteroatoms. The van der Waals surface area contributed by atoms with Crippen LogP contribution in [0.3, 0.4) is 0 Å². The number of thiazole rings is 1. The molecule has 2 aliphatic carbocycles. The zero-order chi connectivity index (χ0) is 32.6. The van der Waals surface area contributed by atoms with Gasteiger partial charge in [0.2, 0.25) is 5.88 Å². The number of amides is 2. The van der Waals surface area contributed by atoms with Crippen molar-refractivity contribution in [2.75, 3.05) is 18.0 Å². The van der Waals surface area contributed by atoms with Gasteiger partial charge in [-0.1, -0.05) is 0 Å². The quantitative estimate of drug-likeness (QED) is 0.342. The van der Waals surface area contributed by atoms with Gasteiger partial charge in [0.25, 0.3) is 5.91 Å².